The van der Waals surface area contributed by atoms with Crippen molar-refractivity contribution in [3.8, 4) is 0 Å². The Labute approximate surface area is 82.8 Å². The quantitative estimate of drug-likeness (QED) is 0.439. The van der Waals surface area contributed by atoms with Crippen molar-refractivity contribution in [3.05, 3.63) is 0 Å². The van der Waals surface area contributed by atoms with Crippen molar-refractivity contribution in [2.45, 2.75) is 25.3 Å². The van der Waals surface area contributed by atoms with Gasteiger partial charge in [-0.15, -0.1) is 12.4 Å². The number of imide groups is 1. The molecule has 1 aliphatic heterocycles. The normalized spacial score (nSPS) is 20.5. The van der Waals surface area contributed by atoms with E-state index in [1.165, 1.54) is 0 Å². The van der Waals surface area contributed by atoms with Gasteiger partial charge in [-0.25, -0.2) is 4.79 Å². The first-order valence-electron chi connectivity index (χ1n) is 4.05. The van der Waals surface area contributed by atoms with Crippen molar-refractivity contribution >= 4 is 24.3 Å². The summed E-state index contributed by atoms with van der Waals surface area (Å²) in [5, 5.41) is 4.70. The van der Waals surface area contributed by atoms with Gasteiger partial charge in [-0.3, -0.25) is 10.1 Å². The highest BCUT2D eigenvalue weighted by Gasteiger charge is 2.28. The predicted molar refractivity (Wildman–Crippen MR) is 50.6 cm³/mol. The van der Waals surface area contributed by atoms with E-state index in [-0.39, 0.29) is 24.4 Å². The fourth-order valence-corrected chi connectivity index (χ4v) is 1.15. The zero-order chi connectivity index (χ0) is 8.97. The SMILES string of the molecule is Cl.NCCCC[C@@H]1NC(=O)NC1=O. The first-order valence-corrected chi connectivity index (χ1v) is 4.05. The maximum absolute atomic E-state index is 11.0. The number of hydrogen-bond donors (Lipinski definition) is 3. The van der Waals surface area contributed by atoms with Gasteiger partial charge in [0.25, 0.3) is 5.91 Å². The summed E-state index contributed by atoms with van der Waals surface area (Å²) in [5.41, 5.74) is 5.29. The molecular weight excluding hydrogens is 194 g/mol. The van der Waals surface area contributed by atoms with Gasteiger partial charge < -0.3 is 11.1 Å². The van der Waals surface area contributed by atoms with E-state index in [1.54, 1.807) is 0 Å². The van der Waals surface area contributed by atoms with E-state index in [9.17, 15) is 9.59 Å². The second-order valence-corrected chi connectivity index (χ2v) is 2.80. The van der Waals surface area contributed by atoms with Gasteiger partial charge in [0.1, 0.15) is 6.04 Å². The molecule has 1 aliphatic rings. The van der Waals surface area contributed by atoms with Gasteiger partial charge in [0, 0.05) is 0 Å². The van der Waals surface area contributed by atoms with Crippen LogP contribution in [-0.2, 0) is 4.79 Å². The lowest BCUT2D eigenvalue weighted by atomic mass is 10.1. The first-order chi connectivity index (χ1) is 5.74. The Hall–Kier alpha value is -0.810. The lowest BCUT2D eigenvalue weighted by Crippen LogP contribution is -2.28. The van der Waals surface area contributed by atoms with Crippen molar-refractivity contribution < 1.29 is 9.59 Å². The number of carbonyl (C=O) groups is 2. The molecule has 0 unspecified atom stereocenters. The number of nitrogens with one attached hydrogen (secondary N) is 2. The summed E-state index contributed by atoms with van der Waals surface area (Å²) in [4.78, 5) is 21.6. The number of carbonyl (C=O) groups excluding carboxylic acids is 2. The minimum Gasteiger partial charge on any atom is -0.330 e. The summed E-state index contributed by atoms with van der Waals surface area (Å²) in [7, 11) is 0. The highest BCUT2D eigenvalue weighted by Crippen LogP contribution is 2.03. The van der Waals surface area contributed by atoms with Crippen LogP contribution in [-0.4, -0.2) is 24.5 Å². The number of halogens is 1. The Morgan fingerprint density at radius 3 is 2.46 bits per heavy atom. The Kier molecular flexibility index (Phi) is 5.41. The molecule has 0 spiro atoms. The Morgan fingerprint density at radius 2 is 2.00 bits per heavy atom. The van der Waals surface area contributed by atoms with Crippen LogP contribution in [0.3, 0.4) is 0 Å². The molecule has 1 atom stereocenters. The van der Waals surface area contributed by atoms with E-state index in [2.05, 4.69) is 10.6 Å². The monoisotopic (exact) mass is 207 g/mol. The highest BCUT2D eigenvalue weighted by molar-refractivity contribution is 6.04. The molecule has 0 aromatic heterocycles. The third kappa shape index (κ3) is 3.61. The van der Waals surface area contributed by atoms with Gasteiger partial charge in [0.2, 0.25) is 0 Å². The van der Waals surface area contributed by atoms with Crippen LogP contribution in [0, 0.1) is 0 Å². The summed E-state index contributed by atoms with van der Waals surface area (Å²) in [6.07, 6.45) is 2.43. The van der Waals surface area contributed by atoms with Gasteiger partial charge in [0.15, 0.2) is 0 Å². The molecule has 6 heteroatoms. The van der Waals surface area contributed by atoms with Crippen LogP contribution in [0.4, 0.5) is 4.79 Å². The van der Waals surface area contributed by atoms with Crippen LogP contribution in [0.2, 0.25) is 0 Å². The smallest absolute Gasteiger partial charge is 0.322 e. The maximum Gasteiger partial charge on any atom is 0.322 e. The maximum atomic E-state index is 11.0. The van der Waals surface area contributed by atoms with Crippen LogP contribution in [0.25, 0.3) is 0 Å². The van der Waals surface area contributed by atoms with E-state index in [0.29, 0.717) is 13.0 Å². The zero-order valence-electron chi connectivity index (χ0n) is 7.21. The molecule has 0 radical (unpaired) electrons. The number of unbranched alkanes of at least 4 members (excludes halogenated alkanes) is 1. The van der Waals surface area contributed by atoms with E-state index in [1.807, 2.05) is 0 Å². The van der Waals surface area contributed by atoms with Crippen molar-refractivity contribution in [3.63, 3.8) is 0 Å². The van der Waals surface area contributed by atoms with Crippen LogP contribution in [0.15, 0.2) is 0 Å². The molecule has 1 rings (SSSR count). The average Bonchev–Trinajstić information content (AvgIpc) is 2.31. The van der Waals surface area contributed by atoms with E-state index in [0.717, 1.165) is 12.8 Å². The largest absolute Gasteiger partial charge is 0.330 e. The molecule has 76 valence electrons. The number of nitrogens with two attached hydrogens (primary N) is 1. The van der Waals surface area contributed by atoms with Crippen molar-refractivity contribution in [1.82, 2.24) is 10.6 Å². The summed E-state index contributed by atoms with van der Waals surface area (Å²) < 4.78 is 0. The zero-order valence-corrected chi connectivity index (χ0v) is 8.02. The molecule has 5 nitrogen and oxygen atoms in total. The molecule has 4 N–H and O–H groups in total. The topological polar surface area (TPSA) is 84.2 Å². The standard InChI is InChI=1S/C7H13N3O2.ClH/c8-4-2-1-3-5-6(11)10-7(12)9-5;/h5H,1-4,8H2,(H2,9,10,11,12);1H/t5-;/m0./s1. The lowest BCUT2D eigenvalue weighted by molar-refractivity contribution is -0.120. The van der Waals surface area contributed by atoms with Crippen molar-refractivity contribution in [2.24, 2.45) is 5.73 Å². The van der Waals surface area contributed by atoms with Gasteiger partial charge in [-0.2, -0.15) is 0 Å². The fraction of sp³-hybridized carbons (Fsp3) is 0.714. The molecule has 0 aromatic carbocycles. The van der Waals surface area contributed by atoms with Gasteiger partial charge in [-0.05, 0) is 25.8 Å². The second-order valence-electron chi connectivity index (χ2n) is 2.80. The Balaban J connectivity index is 0.00000144. The predicted octanol–water partition coefficient (Wildman–Crippen LogP) is -0.255. The van der Waals surface area contributed by atoms with E-state index in [4.69, 9.17) is 5.73 Å². The Morgan fingerprint density at radius 1 is 1.31 bits per heavy atom. The molecule has 13 heavy (non-hydrogen) atoms. The number of amides is 3. The molecule has 3 amide bonds. The summed E-state index contributed by atoms with van der Waals surface area (Å²) in [6, 6.07) is -0.734. The van der Waals surface area contributed by atoms with Crippen LogP contribution < -0.4 is 16.4 Å². The van der Waals surface area contributed by atoms with E-state index >= 15 is 0 Å². The number of urea groups is 1. The molecule has 0 saturated carbocycles. The molecule has 0 aliphatic carbocycles. The second kappa shape index (κ2) is 5.77. The minimum atomic E-state index is -0.391. The fourth-order valence-electron chi connectivity index (χ4n) is 1.15. The molecule has 1 saturated heterocycles. The van der Waals surface area contributed by atoms with Gasteiger partial charge >= 0.3 is 6.03 Å². The first kappa shape index (κ1) is 12.2. The van der Waals surface area contributed by atoms with Crippen LogP contribution in [0.1, 0.15) is 19.3 Å². The average molecular weight is 208 g/mol. The summed E-state index contributed by atoms with van der Waals surface area (Å²) in [6.45, 7) is 0.627. The molecule has 0 bridgehead atoms. The molecule has 1 fully saturated rings. The van der Waals surface area contributed by atoms with E-state index < -0.39 is 6.03 Å². The van der Waals surface area contributed by atoms with Crippen LogP contribution in [0.5, 0.6) is 0 Å². The van der Waals surface area contributed by atoms with Crippen molar-refractivity contribution in [1.29, 1.82) is 0 Å². The molecule has 0 aromatic rings. The van der Waals surface area contributed by atoms with Gasteiger partial charge in [-0.1, -0.05) is 0 Å². The minimum absolute atomic E-state index is 0. The number of rotatable bonds is 4. The lowest BCUT2D eigenvalue weighted by Gasteiger charge is -2.04. The highest BCUT2D eigenvalue weighted by atomic mass is 35.5. The van der Waals surface area contributed by atoms with Crippen LogP contribution >= 0.6 is 12.4 Å². The summed E-state index contributed by atoms with van der Waals surface area (Å²) >= 11 is 0. The number of hydrogen-bond acceptors (Lipinski definition) is 3. The molecular formula is C7H14ClN3O2. The van der Waals surface area contributed by atoms with Gasteiger partial charge in [0.05, 0.1) is 0 Å². The third-order valence-corrected chi connectivity index (χ3v) is 1.81. The Bertz CT molecular complexity index is 198. The van der Waals surface area contributed by atoms with Crippen molar-refractivity contribution in [2.75, 3.05) is 6.54 Å². The molecule has 1 heterocycles. The third-order valence-electron chi connectivity index (χ3n) is 1.81. The summed E-state index contributed by atoms with van der Waals surface area (Å²) in [5.74, 6) is -0.225.